The number of amides is 2. The zero-order valence-electron chi connectivity index (χ0n) is 21.3. The maximum atomic E-state index is 14.0. The first-order chi connectivity index (χ1) is 17.6. The SMILES string of the molecule is C[C@]1(C(=O)NC2CCCCCCC2)Cn2c(ccc2-c2ccccc2)C(=O)N1CCc1ccccc1. The van der Waals surface area contributed by atoms with E-state index in [1.807, 2.05) is 64.9 Å². The van der Waals surface area contributed by atoms with Crippen LogP contribution in [0, 0.1) is 0 Å². The van der Waals surface area contributed by atoms with Crippen LogP contribution in [0.1, 0.15) is 67.9 Å². The molecule has 5 nitrogen and oxygen atoms in total. The fraction of sp³-hybridized carbons (Fsp3) is 0.419. The lowest BCUT2D eigenvalue weighted by Gasteiger charge is -2.45. The minimum absolute atomic E-state index is 0.0344. The van der Waals surface area contributed by atoms with Crippen LogP contribution in [-0.4, -0.2) is 39.4 Å². The number of carbonyl (C=O) groups excluding carboxylic acids is 2. The van der Waals surface area contributed by atoms with E-state index < -0.39 is 5.54 Å². The first-order valence-corrected chi connectivity index (χ1v) is 13.5. The van der Waals surface area contributed by atoms with Crippen molar-refractivity contribution < 1.29 is 9.59 Å². The number of hydrogen-bond donors (Lipinski definition) is 1. The van der Waals surface area contributed by atoms with E-state index in [4.69, 9.17) is 0 Å². The smallest absolute Gasteiger partial charge is 0.271 e. The van der Waals surface area contributed by atoms with Crippen LogP contribution in [0.15, 0.2) is 72.8 Å². The van der Waals surface area contributed by atoms with Gasteiger partial charge in [0.15, 0.2) is 0 Å². The number of carbonyl (C=O) groups is 2. The van der Waals surface area contributed by atoms with Gasteiger partial charge in [-0.05, 0) is 49.4 Å². The van der Waals surface area contributed by atoms with Crippen LogP contribution >= 0.6 is 0 Å². The summed E-state index contributed by atoms with van der Waals surface area (Å²) in [6.07, 6.45) is 8.81. The Labute approximate surface area is 214 Å². The molecule has 1 aromatic heterocycles. The van der Waals surface area contributed by atoms with E-state index in [0.717, 1.165) is 36.9 Å². The van der Waals surface area contributed by atoms with Crippen molar-refractivity contribution in [2.24, 2.45) is 0 Å². The maximum Gasteiger partial charge on any atom is 0.271 e. The first kappa shape index (κ1) is 24.4. The highest BCUT2D eigenvalue weighted by Gasteiger charge is 2.48. The summed E-state index contributed by atoms with van der Waals surface area (Å²) in [7, 11) is 0. The van der Waals surface area contributed by atoms with Gasteiger partial charge in [0.2, 0.25) is 5.91 Å². The number of fused-ring (bicyclic) bond motifs is 1. The van der Waals surface area contributed by atoms with Crippen LogP contribution in [0.4, 0.5) is 0 Å². The lowest BCUT2D eigenvalue weighted by molar-refractivity contribution is -0.133. The second kappa shape index (κ2) is 10.7. The quantitative estimate of drug-likeness (QED) is 0.479. The lowest BCUT2D eigenvalue weighted by Crippen LogP contribution is -2.65. The monoisotopic (exact) mass is 483 g/mol. The zero-order valence-corrected chi connectivity index (χ0v) is 21.3. The van der Waals surface area contributed by atoms with Gasteiger partial charge >= 0.3 is 0 Å². The van der Waals surface area contributed by atoms with Gasteiger partial charge in [0.25, 0.3) is 5.91 Å². The Morgan fingerprint density at radius 3 is 2.17 bits per heavy atom. The number of aromatic nitrogens is 1. The molecular weight excluding hydrogens is 446 g/mol. The molecular formula is C31H37N3O2. The Hall–Kier alpha value is -3.34. The summed E-state index contributed by atoms with van der Waals surface area (Å²) in [6.45, 7) is 2.90. The minimum Gasteiger partial charge on any atom is -0.351 e. The summed E-state index contributed by atoms with van der Waals surface area (Å²) in [5, 5.41) is 3.38. The zero-order chi connectivity index (χ0) is 25.0. The Bertz CT molecular complexity index is 1180. The molecule has 2 amide bonds. The average Bonchev–Trinajstić information content (AvgIpc) is 3.30. The summed E-state index contributed by atoms with van der Waals surface area (Å²) in [6, 6.07) is 24.4. The fourth-order valence-corrected chi connectivity index (χ4v) is 5.81. The van der Waals surface area contributed by atoms with Crippen molar-refractivity contribution in [1.82, 2.24) is 14.8 Å². The van der Waals surface area contributed by atoms with Crippen LogP contribution in [0.25, 0.3) is 11.3 Å². The molecule has 0 spiro atoms. The van der Waals surface area contributed by atoms with E-state index >= 15 is 0 Å². The second-order valence-corrected chi connectivity index (χ2v) is 10.5. The Balaban J connectivity index is 1.46. The van der Waals surface area contributed by atoms with Gasteiger partial charge in [-0.2, -0.15) is 0 Å². The standard InChI is InChI=1S/C31H37N3O2/c1-31(30(36)32-26-17-11-3-2-4-12-18-26)23-33-27(25-15-9-6-10-16-25)19-20-28(33)29(35)34(31)22-21-24-13-7-5-8-14-24/h5-10,13-16,19-20,26H,2-4,11-12,17-18,21-23H2,1H3,(H,32,36)/t31-/m1/s1. The number of nitrogens with zero attached hydrogens (tertiary/aromatic N) is 2. The van der Waals surface area contributed by atoms with Crippen LogP contribution < -0.4 is 5.32 Å². The van der Waals surface area contributed by atoms with E-state index in [-0.39, 0.29) is 17.9 Å². The molecule has 0 bridgehead atoms. The van der Waals surface area contributed by atoms with Gasteiger partial charge in [-0.25, -0.2) is 0 Å². The van der Waals surface area contributed by atoms with Crippen molar-refractivity contribution >= 4 is 11.8 Å². The summed E-state index contributed by atoms with van der Waals surface area (Å²) in [4.78, 5) is 29.8. The molecule has 1 saturated carbocycles. The molecule has 36 heavy (non-hydrogen) atoms. The molecule has 2 aliphatic rings. The van der Waals surface area contributed by atoms with Crippen molar-refractivity contribution in [2.45, 2.75) is 76.4 Å². The highest BCUT2D eigenvalue weighted by molar-refractivity contribution is 6.00. The van der Waals surface area contributed by atoms with E-state index in [1.165, 1.54) is 24.8 Å². The topological polar surface area (TPSA) is 54.3 Å². The molecule has 0 unspecified atom stereocenters. The highest BCUT2D eigenvalue weighted by atomic mass is 16.2. The second-order valence-electron chi connectivity index (χ2n) is 10.5. The van der Waals surface area contributed by atoms with Gasteiger partial charge in [-0.1, -0.05) is 92.8 Å². The molecule has 1 aliphatic carbocycles. The Morgan fingerprint density at radius 2 is 1.47 bits per heavy atom. The lowest BCUT2D eigenvalue weighted by atomic mass is 9.91. The van der Waals surface area contributed by atoms with Gasteiger partial charge in [-0.3, -0.25) is 9.59 Å². The van der Waals surface area contributed by atoms with Gasteiger partial charge in [-0.15, -0.1) is 0 Å². The molecule has 5 rings (SSSR count). The molecule has 1 N–H and O–H groups in total. The van der Waals surface area contributed by atoms with Crippen LogP contribution in [-0.2, 0) is 17.8 Å². The van der Waals surface area contributed by atoms with Crippen molar-refractivity contribution in [1.29, 1.82) is 0 Å². The number of hydrogen-bond acceptors (Lipinski definition) is 2. The minimum atomic E-state index is -0.968. The molecule has 0 saturated heterocycles. The number of nitrogens with one attached hydrogen (secondary N) is 1. The first-order valence-electron chi connectivity index (χ1n) is 13.5. The van der Waals surface area contributed by atoms with Gasteiger partial charge < -0.3 is 14.8 Å². The summed E-state index contributed by atoms with van der Waals surface area (Å²) in [5.41, 5.74) is 2.88. The molecule has 1 fully saturated rings. The molecule has 2 aromatic carbocycles. The van der Waals surface area contributed by atoms with E-state index in [2.05, 4.69) is 29.6 Å². The Kier molecular flexibility index (Phi) is 7.26. The van der Waals surface area contributed by atoms with Crippen LogP contribution in [0.5, 0.6) is 0 Å². The average molecular weight is 484 g/mol. The van der Waals surface area contributed by atoms with E-state index in [1.54, 1.807) is 0 Å². The Morgan fingerprint density at radius 1 is 0.861 bits per heavy atom. The van der Waals surface area contributed by atoms with Crippen LogP contribution in [0.3, 0.4) is 0 Å². The molecule has 1 atom stereocenters. The van der Waals surface area contributed by atoms with Crippen molar-refractivity contribution in [2.75, 3.05) is 6.54 Å². The summed E-state index contributed by atoms with van der Waals surface area (Å²) >= 11 is 0. The van der Waals surface area contributed by atoms with Gasteiger partial charge in [0, 0.05) is 18.3 Å². The summed E-state index contributed by atoms with van der Waals surface area (Å²) < 4.78 is 2.05. The fourth-order valence-electron chi connectivity index (χ4n) is 5.81. The maximum absolute atomic E-state index is 14.0. The van der Waals surface area contributed by atoms with Crippen molar-refractivity contribution in [3.8, 4) is 11.3 Å². The molecule has 0 radical (unpaired) electrons. The third kappa shape index (κ3) is 4.97. The molecule has 5 heteroatoms. The molecule has 3 aromatic rings. The predicted octanol–water partition coefficient (Wildman–Crippen LogP) is 5.84. The largest absolute Gasteiger partial charge is 0.351 e. The van der Waals surface area contributed by atoms with Crippen molar-refractivity contribution in [3.05, 3.63) is 84.1 Å². The number of rotatable bonds is 6. The number of benzene rings is 2. The third-order valence-electron chi connectivity index (χ3n) is 7.97. The van der Waals surface area contributed by atoms with Crippen LogP contribution in [0.2, 0.25) is 0 Å². The van der Waals surface area contributed by atoms with E-state index in [9.17, 15) is 9.59 Å². The van der Waals surface area contributed by atoms with Gasteiger partial charge in [0.1, 0.15) is 11.2 Å². The highest BCUT2D eigenvalue weighted by Crippen LogP contribution is 2.33. The molecule has 1 aliphatic heterocycles. The normalized spacial score (nSPS) is 20.9. The summed E-state index contributed by atoms with van der Waals surface area (Å²) in [5.74, 6) is -0.109. The molecule has 188 valence electrons. The van der Waals surface area contributed by atoms with Crippen molar-refractivity contribution in [3.63, 3.8) is 0 Å². The third-order valence-corrected chi connectivity index (χ3v) is 7.97. The predicted molar refractivity (Wildman–Crippen MR) is 144 cm³/mol. The van der Waals surface area contributed by atoms with E-state index in [0.29, 0.717) is 25.2 Å². The van der Waals surface area contributed by atoms with Gasteiger partial charge in [0.05, 0.1) is 6.54 Å². The molecule has 2 heterocycles.